The van der Waals surface area contributed by atoms with Gasteiger partial charge in [-0.05, 0) is 37.3 Å². The highest BCUT2D eigenvalue weighted by Crippen LogP contribution is 2.30. The number of carbonyl (C=O) groups is 2. The van der Waals surface area contributed by atoms with Crippen LogP contribution in [0.25, 0.3) is 0 Å². The summed E-state index contributed by atoms with van der Waals surface area (Å²) in [6.07, 6.45) is 2.83. The van der Waals surface area contributed by atoms with Gasteiger partial charge in [-0.1, -0.05) is 19.1 Å². The van der Waals surface area contributed by atoms with E-state index >= 15 is 0 Å². The molecular formula is C20H23NO5. The second kappa shape index (κ2) is 7.64. The molecule has 0 radical (unpaired) electrons. The average Bonchev–Trinajstić information content (AvgIpc) is 3.34. The Kier molecular flexibility index (Phi) is 5.30. The van der Waals surface area contributed by atoms with Crippen molar-refractivity contribution in [1.29, 1.82) is 0 Å². The summed E-state index contributed by atoms with van der Waals surface area (Å²) >= 11 is 0. The maximum absolute atomic E-state index is 12.3. The fraction of sp³-hybridized carbons (Fsp3) is 0.400. The third-order valence-electron chi connectivity index (χ3n) is 4.42. The topological polar surface area (TPSA) is 88.8 Å². The Bertz CT molecular complexity index is 820. The third kappa shape index (κ3) is 4.25. The molecule has 26 heavy (non-hydrogen) atoms. The number of furan rings is 1. The first-order chi connectivity index (χ1) is 12.5. The Hall–Kier alpha value is -2.76. The lowest BCUT2D eigenvalue weighted by Gasteiger charge is -2.12. The zero-order valence-corrected chi connectivity index (χ0v) is 15.0. The Morgan fingerprint density at radius 1 is 1.31 bits per heavy atom. The van der Waals surface area contributed by atoms with Gasteiger partial charge in [-0.25, -0.2) is 4.79 Å². The van der Waals surface area contributed by atoms with E-state index in [1.807, 2.05) is 25.1 Å². The van der Waals surface area contributed by atoms with Crippen molar-refractivity contribution < 1.29 is 23.8 Å². The van der Waals surface area contributed by atoms with E-state index in [9.17, 15) is 9.59 Å². The number of benzene rings is 1. The zero-order valence-electron chi connectivity index (χ0n) is 15.0. The summed E-state index contributed by atoms with van der Waals surface area (Å²) in [7, 11) is 0. The predicted molar refractivity (Wildman–Crippen MR) is 95.6 cm³/mol. The highest BCUT2D eigenvalue weighted by atomic mass is 16.5. The standard InChI is InChI=1S/C20H23NO5/c1-3-16-15(20(23)24)9-18(26-16)19(22)21-10-14-7-4-12(2)8-17(14)25-11-13-5-6-13/h4,7-9,13H,3,5-6,10-11H2,1-2H3,(H,21,22)(H,23,24). The van der Waals surface area contributed by atoms with Crippen molar-refractivity contribution in [3.05, 3.63) is 52.5 Å². The van der Waals surface area contributed by atoms with Crippen molar-refractivity contribution in [2.24, 2.45) is 5.92 Å². The highest BCUT2D eigenvalue weighted by molar-refractivity contribution is 5.96. The Morgan fingerprint density at radius 3 is 2.69 bits per heavy atom. The van der Waals surface area contributed by atoms with Crippen LogP contribution in [0.2, 0.25) is 0 Å². The molecule has 138 valence electrons. The van der Waals surface area contributed by atoms with E-state index in [2.05, 4.69) is 5.32 Å². The number of carboxylic acid groups (broad SMARTS) is 1. The number of aromatic carboxylic acids is 1. The monoisotopic (exact) mass is 357 g/mol. The van der Waals surface area contributed by atoms with Gasteiger partial charge in [-0.3, -0.25) is 4.79 Å². The molecule has 1 amide bonds. The minimum absolute atomic E-state index is 0.00631. The number of ether oxygens (including phenoxy) is 1. The number of carboxylic acids is 1. The second-order valence-corrected chi connectivity index (χ2v) is 6.65. The van der Waals surface area contributed by atoms with E-state index < -0.39 is 11.9 Å². The Balaban J connectivity index is 1.68. The minimum Gasteiger partial charge on any atom is -0.493 e. The van der Waals surface area contributed by atoms with Crippen molar-refractivity contribution in [1.82, 2.24) is 5.32 Å². The molecule has 1 aromatic carbocycles. The minimum atomic E-state index is -1.10. The molecule has 0 saturated heterocycles. The molecule has 0 bridgehead atoms. The number of hydrogen-bond acceptors (Lipinski definition) is 4. The van der Waals surface area contributed by atoms with Crippen LogP contribution in [0.5, 0.6) is 5.75 Å². The summed E-state index contributed by atoms with van der Waals surface area (Å²) in [6.45, 7) is 4.76. The van der Waals surface area contributed by atoms with E-state index in [-0.39, 0.29) is 17.9 Å². The fourth-order valence-corrected chi connectivity index (χ4v) is 2.68. The van der Waals surface area contributed by atoms with E-state index in [4.69, 9.17) is 14.3 Å². The number of aryl methyl sites for hydroxylation is 2. The van der Waals surface area contributed by atoms with E-state index in [0.29, 0.717) is 24.7 Å². The highest BCUT2D eigenvalue weighted by Gasteiger charge is 2.23. The lowest BCUT2D eigenvalue weighted by Crippen LogP contribution is -2.22. The van der Waals surface area contributed by atoms with Crippen LogP contribution < -0.4 is 10.1 Å². The van der Waals surface area contributed by atoms with Gasteiger partial charge in [-0.15, -0.1) is 0 Å². The molecule has 0 atom stereocenters. The predicted octanol–water partition coefficient (Wildman–Crippen LogP) is 3.57. The van der Waals surface area contributed by atoms with E-state index in [0.717, 1.165) is 16.9 Å². The van der Waals surface area contributed by atoms with Crippen molar-refractivity contribution in [2.75, 3.05) is 6.61 Å². The lowest BCUT2D eigenvalue weighted by atomic mass is 10.1. The van der Waals surface area contributed by atoms with Crippen LogP contribution in [0, 0.1) is 12.8 Å². The number of carbonyl (C=O) groups excluding carboxylic acids is 1. The van der Waals surface area contributed by atoms with Crippen LogP contribution in [0.1, 0.15) is 57.6 Å². The smallest absolute Gasteiger partial charge is 0.339 e. The molecular weight excluding hydrogens is 334 g/mol. The van der Waals surface area contributed by atoms with Crippen molar-refractivity contribution >= 4 is 11.9 Å². The van der Waals surface area contributed by atoms with Gasteiger partial charge in [0.15, 0.2) is 5.76 Å². The summed E-state index contributed by atoms with van der Waals surface area (Å²) in [5.74, 6) is 0.179. The molecule has 2 N–H and O–H groups in total. The van der Waals surface area contributed by atoms with E-state index in [1.165, 1.54) is 18.9 Å². The molecule has 1 aliphatic rings. The first kappa shape index (κ1) is 18.0. The number of nitrogens with one attached hydrogen (secondary N) is 1. The normalized spacial score (nSPS) is 13.5. The third-order valence-corrected chi connectivity index (χ3v) is 4.42. The van der Waals surface area contributed by atoms with Crippen LogP contribution in [0.3, 0.4) is 0 Å². The van der Waals surface area contributed by atoms with Crippen LogP contribution in [-0.4, -0.2) is 23.6 Å². The first-order valence-electron chi connectivity index (χ1n) is 8.84. The quantitative estimate of drug-likeness (QED) is 0.754. The van der Waals surface area contributed by atoms with Gasteiger partial charge in [-0.2, -0.15) is 0 Å². The van der Waals surface area contributed by atoms with Gasteiger partial charge < -0.3 is 19.6 Å². The van der Waals surface area contributed by atoms with Crippen LogP contribution in [0.4, 0.5) is 0 Å². The molecule has 0 aliphatic heterocycles. The molecule has 3 rings (SSSR count). The van der Waals surface area contributed by atoms with Gasteiger partial charge in [0, 0.05) is 24.6 Å². The molecule has 1 aliphatic carbocycles. The summed E-state index contributed by atoms with van der Waals surface area (Å²) in [5.41, 5.74) is 2.00. The fourth-order valence-electron chi connectivity index (χ4n) is 2.68. The van der Waals surface area contributed by atoms with Gasteiger partial charge in [0.25, 0.3) is 5.91 Å². The Labute approximate surface area is 152 Å². The van der Waals surface area contributed by atoms with Crippen LogP contribution in [0.15, 0.2) is 28.7 Å². The maximum atomic E-state index is 12.3. The molecule has 1 saturated carbocycles. The molecule has 1 aromatic heterocycles. The molecule has 0 unspecified atom stereocenters. The van der Waals surface area contributed by atoms with Crippen LogP contribution >= 0.6 is 0 Å². The summed E-state index contributed by atoms with van der Waals surface area (Å²) in [5, 5.41) is 11.9. The Morgan fingerprint density at radius 2 is 2.08 bits per heavy atom. The summed E-state index contributed by atoms with van der Waals surface area (Å²) < 4.78 is 11.3. The number of rotatable bonds is 8. The lowest BCUT2D eigenvalue weighted by molar-refractivity contribution is 0.0694. The van der Waals surface area contributed by atoms with E-state index in [1.54, 1.807) is 6.92 Å². The number of amides is 1. The number of hydrogen-bond donors (Lipinski definition) is 2. The zero-order chi connectivity index (χ0) is 18.7. The van der Waals surface area contributed by atoms with Gasteiger partial charge in [0.1, 0.15) is 17.1 Å². The second-order valence-electron chi connectivity index (χ2n) is 6.65. The molecule has 2 aromatic rings. The summed E-state index contributed by atoms with van der Waals surface area (Å²) in [4.78, 5) is 23.5. The van der Waals surface area contributed by atoms with Crippen LogP contribution in [-0.2, 0) is 13.0 Å². The largest absolute Gasteiger partial charge is 0.493 e. The first-order valence-corrected chi connectivity index (χ1v) is 8.84. The summed E-state index contributed by atoms with van der Waals surface area (Å²) in [6, 6.07) is 7.14. The molecule has 1 fully saturated rings. The van der Waals surface area contributed by atoms with Gasteiger partial charge >= 0.3 is 5.97 Å². The average molecular weight is 357 g/mol. The molecule has 6 nitrogen and oxygen atoms in total. The maximum Gasteiger partial charge on any atom is 0.339 e. The van der Waals surface area contributed by atoms with Crippen molar-refractivity contribution in [2.45, 2.75) is 39.7 Å². The van der Waals surface area contributed by atoms with Gasteiger partial charge in [0.05, 0.1) is 6.61 Å². The van der Waals surface area contributed by atoms with Gasteiger partial charge in [0.2, 0.25) is 0 Å². The van der Waals surface area contributed by atoms with Crippen molar-refractivity contribution in [3.63, 3.8) is 0 Å². The molecule has 6 heteroatoms. The molecule has 1 heterocycles. The SMILES string of the molecule is CCc1oc(C(=O)NCc2ccc(C)cc2OCC2CC2)cc1C(=O)O. The van der Waals surface area contributed by atoms with Crippen molar-refractivity contribution in [3.8, 4) is 5.75 Å². The molecule has 0 spiro atoms.